The third-order valence-electron chi connectivity index (χ3n) is 3.42. The van der Waals surface area contributed by atoms with E-state index in [4.69, 9.17) is 9.47 Å². The van der Waals surface area contributed by atoms with Crippen molar-refractivity contribution in [2.45, 2.75) is 22.9 Å². The number of hydrogen-bond donors (Lipinski definition) is 0. The van der Waals surface area contributed by atoms with Crippen molar-refractivity contribution in [3.05, 3.63) is 22.7 Å². The molecule has 1 aliphatic rings. The lowest BCUT2D eigenvalue weighted by Gasteiger charge is -2.18. The minimum Gasteiger partial charge on any atom is -0.383 e. The fourth-order valence-corrected chi connectivity index (χ4v) is 3.93. The molecule has 0 aliphatic carbocycles. The van der Waals surface area contributed by atoms with Gasteiger partial charge in [-0.2, -0.15) is 4.98 Å². The standard InChI is InChI=1S/C13H20FN3O3S/c1-16(2)9-5-6-17(13(18)15-9)12-10(14)11(20-4)8(21-12)7-19-3/h5-6,8,10-12H,7H2,1-4H3/t8-,10+,11-,12-/m1/s1. The van der Waals surface area contributed by atoms with Crippen molar-refractivity contribution in [3.63, 3.8) is 0 Å². The number of thioether (sulfide) groups is 1. The summed E-state index contributed by atoms with van der Waals surface area (Å²) in [6.45, 7) is 0.373. The summed E-state index contributed by atoms with van der Waals surface area (Å²) in [7, 11) is 6.63. The van der Waals surface area contributed by atoms with Crippen molar-refractivity contribution in [2.75, 3.05) is 39.8 Å². The molecule has 0 aromatic carbocycles. The second kappa shape index (κ2) is 6.76. The molecule has 6 nitrogen and oxygen atoms in total. The number of anilines is 1. The largest absolute Gasteiger partial charge is 0.383 e. The molecule has 21 heavy (non-hydrogen) atoms. The van der Waals surface area contributed by atoms with Gasteiger partial charge in [-0.15, -0.1) is 11.8 Å². The Hall–Kier alpha value is -1.12. The minimum atomic E-state index is -1.29. The van der Waals surface area contributed by atoms with E-state index >= 15 is 0 Å². The fraction of sp³-hybridized carbons (Fsp3) is 0.692. The molecule has 0 N–H and O–H groups in total. The first-order valence-electron chi connectivity index (χ1n) is 6.57. The van der Waals surface area contributed by atoms with Gasteiger partial charge in [0.05, 0.1) is 11.9 Å². The summed E-state index contributed by atoms with van der Waals surface area (Å²) in [5, 5.41) is -0.799. The van der Waals surface area contributed by atoms with Crippen LogP contribution in [0.15, 0.2) is 17.1 Å². The van der Waals surface area contributed by atoms with Crippen LogP contribution in [-0.4, -0.2) is 62.0 Å². The lowest BCUT2D eigenvalue weighted by Crippen LogP contribution is -2.35. The highest BCUT2D eigenvalue weighted by Gasteiger charge is 2.46. The van der Waals surface area contributed by atoms with Crippen LogP contribution in [-0.2, 0) is 9.47 Å². The van der Waals surface area contributed by atoms with E-state index in [2.05, 4.69) is 4.98 Å². The molecular weight excluding hydrogens is 297 g/mol. The van der Waals surface area contributed by atoms with Gasteiger partial charge in [0.2, 0.25) is 0 Å². The van der Waals surface area contributed by atoms with E-state index in [1.807, 2.05) is 0 Å². The molecule has 8 heteroatoms. The van der Waals surface area contributed by atoms with Gasteiger partial charge in [0.25, 0.3) is 0 Å². The van der Waals surface area contributed by atoms with Crippen molar-refractivity contribution in [3.8, 4) is 0 Å². The zero-order valence-electron chi connectivity index (χ0n) is 12.5. The SMILES string of the molecule is COC[C@H]1S[C@@H](n2ccc(N(C)C)nc2=O)[C@@H](F)[C@@H]1OC. The molecule has 118 valence electrons. The normalized spacial score (nSPS) is 28.8. The predicted octanol–water partition coefficient (Wildman–Crippen LogP) is 0.923. The second-order valence-electron chi connectivity index (χ2n) is 5.04. The van der Waals surface area contributed by atoms with Crippen molar-refractivity contribution >= 4 is 17.6 Å². The average Bonchev–Trinajstić information content (AvgIpc) is 2.75. The fourth-order valence-electron chi connectivity index (χ4n) is 2.34. The highest BCUT2D eigenvalue weighted by molar-refractivity contribution is 8.00. The Kier molecular flexibility index (Phi) is 5.23. The van der Waals surface area contributed by atoms with Crippen LogP contribution >= 0.6 is 11.8 Å². The highest BCUT2D eigenvalue weighted by Crippen LogP contribution is 2.44. The van der Waals surface area contributed by atoms with Crippen molar-refractivity contribution < 1.29 is 13.9 Å². The number of aromatic nitrogens is 2. The molecule has 4 atom stereocenters. The monoisotopic (exact) mass is 317 g/mol. The van der Waals surface area contributed by atoms with E-state index in [0.29, 0.717) is 12.4 Å². The first-order valence-corrected chi connectivity index (χ1v) is 7.51. The van der Waals surface area contributed by atoms with Crippen LogP contribution in [0.2, 0.25) is 0 Å². The second-order valence-corrected chi connectivity index (χ2v) is 6.40. The van der Waals surface area contributed by atoms with Gasteiger partial charge in [0.1, 0.15) is 17.3 Å². The molecule has 0 bridgehead atoms. The molecule has 2 rings (SSSR count). The number of methoxy groups -OCH3 is 2. The molecule has 0 amide bonds. The van der Waals surface area contributed by atoms with Crippen LogP contribution in [0.4, 0.5) is 10.2 Å². The molecule has 1 aromatic rings. The Balaban J connectivity index is 2.28. The molecule has 0 spiro atoms. The third kappa shape index (κ3) is 3.22. The topological polar surface area (TPSA) is 56.6 Å². The molecular formula is C13H20FN3O3S. The summed E-state index contributed by atoms with van der Waals surface area (Å²) >= 11 is 1.34. The smallest absolute Gasteiger partial charge is 0.350 e. The van der Waals surface area contributed by atoms with Gasteiger partial charge in [0.15, 0.2) is 6.17 Å². The summed E-state index contributed by atoms with van der Waals surface area (Å²) < 4.78 is 26.2. The number of rotatable bonds is 5. The molecule has 1 aliphatic heterocycles. The molecule has 1 saturated heterocycles. The summed E-state index contributed by atoms with van der Waals surface area (Å²) in [6, 6.07) is 1.69. The van der Waals surface area contributed by atoms with Crippen LogP contribution in [0.1, 0.15) is 5.37 Å². The number of alkyl halides is 1. The average molecular weight is 317 g/mol. The van der Waals surface area contributed by atoms with E-state index in [-0.39, 0.29) is 5.25 Å². The number of halogens is 1. The molecule has 1 fully saturated rings. The van der Waals surface area contributed by atoms with Gasteiger partial charge in [-0.05, 0) is 6.07 Å². The van der Waals surface area contributed by atoms with Gasteiger partial charge in [-0.3, -0.25) is 4.57 Å². The Morgan fingerprint density at radius 2 is 2.19 bits per heavy atom. The van der Waals surface area contributed by atoms with Gasteiger partial charge in [0, 0.05) is 34.5 Å². The summed E-state index contributed by atoms with van der Waals surface area (Å²) in [4.78, 5) is 17.8. The maximum Gasteiger partial charge on any atom is 0.350 e. The van der Waals surface area contributed by atoms with Gasteiger partial charge >= 0.3 is 5.69 Å². The number of ether oxygens (including phenoxy) is 2. The molecule has 1 aromatic heterocycles. The maximum absolute atomic E-state index is 14.6. The van der Waals surface area contributed by atoms with E-state index < -0.39 is 23.3 Å². The van der Waals surface area contributed by atoms with E-state index in [1.165, 1.54) is 23.4 Å². The zero-order valence-corrected chi connectivity index (χ0v) is 13.3. The summed E-state index contributed by atoms with van der Waals surface area (Å²) in [6.07, 6.45) is -0.304. The Morgan fingerprint density at radius 1 is 1.48 bits per heavy atom. The van der Waals surface area contributed by atoms with Gasteiger partial charge < -0.3 is 14.4 Å². The Labute approximate surface area is 127 Å². The lowest BCUT2D eigenvalue weighted by molar-refractivity contribution is 0.0183. The molecule has 0 unspecified atom stereocenters. The first-order chi connectivity index (χ1) is 9.99. The van der Waals surface area contributed by atoms with Crippen LogP contribution < -0.4 is 10.6 Å². The number of hydrogen-bond acceptors (Lipinski definition) is 6. The third-order valence-corrected chi connectivity index (χ3v) is 4.94. The van der Waals surface area contributed by atoms with E-state index in [0.717, 1.165) is 0 Å². The van der Waals surface area contributed by atoms with Crippen molar-refractivity contribution in [1.82, 2.24) is 9.55 Å². The zero-order chi connectivity index (χ0) is 15.6. The highest BCUT2D eigenvalue weighted by atomic mass is 32.2. The Bertz CT molecular complexity index is 540. The quantitative estimate of drug-likeness (QED) is 0.805. The van der Waals surface area contributed by atoms with E-state index in [1.54, 1.807) is 38.4 Å². The van der Waals surface area contributed by atoms with Crippen molar-refractivity contribution in [1.29, 1.82) is 0 Å². The predicted molar refractivity (Wildman–Crippen MR) is 80.8 cm³/mol. The first kappa shape index (κ1) is 16.3. The van der Waals surface area contributed by atoms with Crippen LogP contribution in [0.3, 0.4) is 0 Å². The van der Waals surface area contributed by atoms with Crippen LogP contribution in [0, 0.1) is 0 Å². The van der Waals surface area contributed by atoms with Gasteiger partial charge in [-0.25, -0.2) is 9.18 Å². The minimum absolute atomic E-state index is 0.152. The van der Waals surface area contributed by atoms with Crippen molar-refractivity contribution in [2.24, 2.45) is 0 Å². The summed E-state index contributed by atoms with van der Waals surface area (Å²) in [5.41, 5.74) is -0.464. The lowest BCUT2D eigenvalue weighted by atomic mass is 10.1. The molecule has 0 radical (unpaired) electrons. The maximum atomic E-state index is 14.6. The summed E-state index contributed by atoms with van der Waals surface area (Å²) in [5.74, 6) is 0.548. The van der Waals surface area contributed by atoms with Gasteiger partial charge in [-0.1, -0.05) is 0 Å². The molecule has 2 heterocycles. The van der Waals surface area contributed by atoms with E-state index in [9.17, 15) is 9.18 Å². The Morgan fingerprint density at radius 3 is 2.71 bits per heavy atom. The molecule has 0 saturated carbocycles. The van der Waals surface area contributed by atoms with Crippen LogP contribution in [0.5, 0.6) is 0 Å². The number of nitrogens with zero attached hydrogens (tertiary/aromatic N) is 3. The van der Waals surface area contributed by atoms with Crippen LogP contribution in [0.25, 0.3) is 0 Å².